The Hall–Kier alpha value is -2.46. The maximum absolute atomic E-state index is 12.0. The molecule has 32 heavy (non-hydrogen) atoms. The van der Waals surface area contributed by atoms with Gasteiger partial charge >= 0.3 is 6.09 Å². The maximum atomic E-state index is 12.0. The lowest BCUT2D eigenvalue weighted by molar-refractivity contribution is -0.152. The Kier molecular flexibility index (Phi) is 6.80. The molecule has 0 bridgehead atoms. The number of ether oxygens (including phenoxy) is 3. The van der Waals surface area contributed by atoms with Crippen molar-refractivity contribution in [3.8, 4) is 0 Å². The zero-order valence-electron chi connectivity index (χ0n) is 17.7. The Labute approximate surface area is 187 Å². The average molecular weight is 462 g/mol. The molecular formula is C23H27NO7S. The highest BCUT2D eigenvalue weighted by Crippen LogP contribution is 2.38. The molecule has 2 fully saturated rings. The Morgan fingerprint density at radius 2 is 1.53 bits per heavy atom. The lowest BCUT2D eigenvalue weighted by Crippen LogP contribution is -2.60. The molecule has 2 aromatic rings. The molecule has 1 unspecified atom stereocenters. The molecule has 1 saturated carbocycles. The molecule has 1 aliphatic heterocycles. The third-order valence-electron chi connectivity index (χ3n) is 6.19. The number of alkyl carbamates (subject to hydrolysis) is 1. The van der Waals surface area contributed by atoms with Crippen LogP contribution in [0.4, 0.5) is 4.79 Å². The van der Waals surface area contributed by atoms with Crippen LogP contribution in [0.3, 0.4) is 0 Å². The van der Waals surface area contributed by atoms with Crippen molar-refractivity contribution in [3.05, 3.63) is 71.8 Å². The minimum Gasteiger partial charge on any atom is -0.444 e. The van der Waals surface area contributed by atoms with Crippen LogP contribution in [-0.2, 0) is 37.5 Å². The van der Waals surface area contributed by atoms with E-state index < -0.39 is 51.7 Å². The molecule has 9 heteroatoms. The van der Waals surface area contributed by atoms with E-state index >= 15 is 0 Å². The van der Waals surface area contributed by atoms with E-state index in [1.165, 1.54) is 6.92 Å². The topological polar surface area (TPSA) is 111 Å². The third kappa shape index (κ3) is 5.12. The summed E-state index contributed by atoms with van der Waals surface area (Å²) in [5.41, 5.74) is 1.85. The number of hydrogen-bond acceptors (Lipinski definition) is 6. The summed E-state index contributed by atoms with van der Waals surface area (Å²) >= 11 is 0. The zero-order chi connectivity index (χ0) is 22.7. The highest BCUT2D eigenvalue weighted by molar-refractivity contribution is 7.86. The van der Waals surface area contributed by atoms with Crippen molar-refractivity contribution in [1.29, 1.82) is 0 Å². The number of fused-ring (bicyclic) bond motifs is 1. The van der Waals surface area contributed by atoms with E-state index in [-0.39, 0.29) is 19.6 Å². The summed E-state index contributed by atoms with van der Waals surface area (Å²) in [6.45, 7) is 1.93. The Morgan fingerprint density at radius 3 is 2.06 bits per heavy atom. The van der Waals surface area contributed by atoms with Crippen LogP contribution in [0, 0.1) is 5.92 Å². The summed E-state index contributed by atoms with van der Waals surface area (Å²) in [4.78, 5) is 12.0. The summed E-state index contributed by atoms with van der Waals surface area (Å²) in [6, 6.07) is 18.5. The van der Waals surface area contributed by atoms with Crippen molar-refractivity contribution in [2.45, 2.75) is 56.2 Å². The standard InChI is InChI=1S/C23H27NO7S/c1-15(32(26,27)28)18-12-19-20(24-23(25)31-19)22(30-14-17-10-6-3-7-11-17)21(18)29-13-16-8-4-2-5-9-16/h2-11,15,18-22H,12-14H2,1H3,(H,24,25)(H,26,27,28)/t15?,18-,19-,20-,21+,22+/m0/s1. The van der Waals surface area contributed by atoms with Crippen LogP contribution in [0.1, 0.15) is 24.5 Å². The van der Waals surface area contributed by atoms with E-state index in [1.807, 2.05) is 60.7 Å². The van der Waals surface area contributed by atoms with Gasteiger partial charge in [0.15, 0.2) is 0 Å². The molecule has 1 saturated heterocycles. The highest BCUT2D eigenvalue weighted by Gasteiger charge is 2.54. The van der Waals surface area contributed by atoms with E-state index in [0.717, 1.165) is 11.1 Å². The summed E-state index contributed by atoms with van der Waals surface area (Å²) in [7, 11) is -4.35. The minimum absolute atomic E-state index is 0.231. The molecule has 0 spiro atoms. The summed E-state index contributed by atoms with van der Waals surface area (Å²) in [6.07, 6.45) is -2.28. The third-order valence-corrected chi connectivity index (χ3v) is 7.48. The lowest BCUT2D eigenvalue weighted by Gasteiger charge is -2.44. The second-order valence-corrected chi connectivity index (χ2v) is 10.0. The first kappa shape index (κ1) is 22.7. The van der Waals surface area contributed by atoms with Crippen molar-refractivity contribution >= 4 is 16.2 Å². The predicted octanol–water partition coefficient (Wildman–Crippen LogP) is 2.93. The fourth-order valence-electron chi connectivity index (χ4n) is 4.44. The summed E-state index contributed by atoms with van der Waals surface area (Å²) in [5.74, 6) is -0.636. The smallest absolute Gasteiger partial charge is 0.407 e. The van der Waals surface area contributed by atoms with Crippen molar-refractivity contribution in [1.82, 2.24) is 5.32 Å². The molecule has 6 atom stereocenters. The van der Waals surface area contributed by atoms with Crippen LogP contribution in [0.25, 0.3) is 0 Å². The second-order valence-electron chi connectivity index (χ2n) is 8.26. The maximum Gasteiger partial charge on any atom is 0.407 e. The van der Waals surface area contributed by atoms with Gasteiger partial charge < -0.3 is 19.5 Å². The summed E-state index contributed by atoms with van der Waals surface area (Å²) < 4.78 is 51.7. The Bertz CT molecular complexity index is 1020. The SMILES string of the molecule is CC([C@@H]1C[C@@H]2OC(=O)N[C@@H]2[C@@H](OCc2ccccc2)[C@@H]1OCc1ccccc1)S(=O)(=O)O. The van der Waals surface area contributed by atoms with Gasteiger partial charge in [-0.25, -0.2) is 4.79 Å². The molecule has 2 aliphatic rings. The van der Waals surface area contributed by atoms with Crippen molar-refractivity contribution in [2.75, 3.05) is 0 Å². The molecule has 1 aliphatic carbocycles. The van der Waals surface area contributed by atoms with E-state index in [9.17, 15) is 17.8 Å². The first-order valence-corrected chi connectivity index (χ1v) is 12.1. The van der Waals surface area contributed by atoms with E-state index in [0.29, 0.717) is 0 Å². The number of rotatable bonds is 8. The molecule has 2 N–H and O–H groups in total. The van der Waals surface area contributed by atoms with Crippen molar-refractivity contribution in [2.24, 2.45) is 5.92 Å². The van der Waals surface area contributed by atoms with Crippen molar-refractivity contribution in [3.63, 3.8) is 0 Å². The number of hydrogen-bond donors (Lipinski definition) is 2. The van der Waals surface area contributed by atoms with Crippen molar-refractivity contribution < 1.29 is 32.0 Å². The number of amides is 1. The van der Waals surface area contributed by atoms with Crippen LogP contribution in [0.15, 0.2) is 60.7 Å². The van der Waals surface area contributed by atoms with Gasteiger partial charge in [0.05, 0.1) is 30.6 Å². The molecule has 4 rings (SSSR count). The van der Waals surface area contributed by atoms with Gasteiger partial charge in [-0.15, -0.1) is 0 Å². The quantitative estimate of drug-likeness (QED) is 0.582. The Morgan fingerprint density at radius 1 is 1.00 bits per heavy atom. The number of carbonyl (C=O) groups is 1. The number of benzene rings is 2. The molecular weight excluding hydrogens is 434 g/mol. The zero-order valence-corrected chi connectivity index (χ0v) is 18.5. The summed E-state index contributed by atoms with van der Waals surface area (Å²) in [5, 5.41) is 1.67. The van der Waals surface area contributed by atoms with Crippen LogP contribution >= 0.6 is 0 Å². The number of carbonyl (C=O) groups excluding carboxylic acids is 1. The molecule has 172 valence electrons. The van der Waals surface area contributed by atoms with Crippen LogP contribution in [0.2, 0.25) is 0 Å². The van der Waals surface area contributed by atoms with Crippen LogP contribution in [-0.4, -0.2) is 48.7 Å². The number of nitrogens with one attached hydrogen (secondary N) is 1. The van der Waals surface area contributed by atoms with Gasteiger partial charge in [0.1, 0.15) is 12.2 Å². The normalized spacial score (nSPS) is 28.4. The largest absolute Gasteiger partial charge is 0.444 e. The van der Waals surface area contributed by atoms with Gasteiger partial charge in [-0.2, -0.15) is 8.42 Å². The first-order valence-electron chi connectivity index (χ1n) is 10.6. The molecule has 8 nitrogen and oxygen atoms in total. The van der Waals surface area contributed by atoms with Crippen LogP contribution in [0.5, 0.6) is 0 Å². The first-order chi connectivity index (χ1) is 15.3. The van der Waals surface area contributed by atoms with E-state index in [2.05, 4.69) is 5.32 Å². The molecule has 2 aromatic carbocycles. The lowest BCUT2D eigenvalue weighted by atomic mass is 9.78. The van der Waals surface area contributed by atoms with Gasteiger partial charge in [-0.05, 0) is 24.5 Å². The van der Waals surface area contributed by atoms with Gasteiger partial charge in [0.2, 0.25) is 0 Å². The molecule has 1 amide bonds. The minimum atomic E-state index is -4.35. The van der Waals surface area contributed by atoms with Gasteiger partial charge in [0, 0.05) is 5.92 Å². The average Bonchev–Trinajstić information content (AvgIpc) is 3.16. The predicted molar refractivity (Wildman–Crippen MR) is 116 cm³/mol. The van der Waals surface area contributed by atoms with Gasteiger partial charge in [-0.3, -0.25) is 4.55 Å². The van der Waals surface area contributed by atoms with Gasteiger partial charge in [-0.1, -0.05) is 60.7 Å². The fraction of sp³-hybridized carbons (Fsp3) is 0.435. The van der Waals surface area contributed by atoms with E-state index in [4.69, 9.17) is 14.2 Å². The van der Waals surface area contributed by atoms with E-state index in [1.54, 1.807) is 0 Å². The van der Waals surface area contributed by atoms with Gasteiger partial charge in [0.25, 0.3) is 10.1 Å². The Balaban J connectivity index is 1.63. The second kappa shape index (κ2) is 9.58. The molecule has 0 aromatic heterocycles. The molecule has 1 heterocycles. The highest BCUT2D eigenvalue weighted by atomic mass is 32.2. The molecule has 0 radical (unpaired) electrons. The monoisotopic (exact) mass is 461 g/mol. The van der Waals surface area contributed by atoms with Crippen LogP contribution < -0.4 is 5.32 Å². The fourth-order valence-corrected chi connectivity index (χ4v) is 5.15.